The first-order valence-corrected chi connectivity index (χ1v) is 6.24. The molecule has 0 aliphatic carbocycles. The van der Waals surface area contributed by atoms with Gasteiger partial charge in [-0.15, -0.1) is 0 Å². The average molecular weight is 287 g/mol. The van der Waals surface area contributed by atoms with E-state index in [1.807, 2.05) is 0 Å². The van der Waals surface area contributed by atoms with Gasteiger partial charge in [-0.05, 0) is 46.0 Å². The number of Topliss-reactive ketones (excluding diaryl/α,β-unsaturated/α-hetero) is 1. The van der Waals surface area contributed by atoms with Crippen molar-refractivity contribution < 1.29 is 9.18 Å². The quantitative estimate of drug-likeness (QED) is 0.795. The van der Waals surface area contributed by atoms with E-state index in [1.165, 1.54) is 6.07 Å². The Morgan fingerprint density at radius 3 is 2.69 bits per heavy atom. The van der Waals surface area contributed by atoms with Crippen LogP contribution in [0, 0.1) is 11.7 Å². The zero-order valence-corrected chi connectivity index (χ0v) is 11.2. The lowest BCUT2D eigenvalue weighted by atomic mass is 10.0. The maximum atomic E-state index is 13.0. The molecule has 0 saturated heterocycles. The lowest BCUT2D eigenvalue weighted by Crippen LogP contribution is -2.04. The molecule has 1 aromatic rings. The molecule has 0 saturated carbocycles. The molecule has 88 valence electrons. The molecule has 0 spiro atoms. The third-order valence-corrected chi connectivity index (χ3v) is 2.99. The van der Waals surface area contributed by atoms with Gasteiger partial charge in [0, 0.05) is 12.8 Å². The fraction of sp³-hybridized carbons (Fsp3) is 0.462. The smallest absolute Gasteiger partial charge is 0.137 e. The van der Waals surface area contributed by atoms with E-state index >= 15 is 0 Å². The van der Waals surface area contributed by atoms with Crippen LogP contribution in [0.2, 0.25) is 0 Å². The van der Waals surface area contributed by atoms with Gasteiger partial charge >= 0.3 is 0 Å². The highest BCUT2D eigenvalue weighted by Crippen LogP contribution is 2.18. The molecule has 1 nitrogen and oxygen atoms in total. The second-order valence-corrected chi connectivity index (χ2v) is 5.25. The van der Waals surface area contributed by atoms with Crippen LogP contribution in [0.25, 0.3) is 0 Å². The van der Waals surface area contributed by atoms with Crippen molar-refractivity contribution in [1.82, 2.24) is 0 Å². The van der Waals surface area contributed by atoms with E-state index in [0.717, 1.165) is 12.0 Å². The number of carbonyl (C=O) groups is 1. The maximum Gasteiger partial charge on any atom is 0.137 e. The monoisotopic (exact) mass is 286 g/mol. The molecule has 0 aliphatic rings. The van der Waals surface area contributed by atoms with Gasteiger partial charge in [0.2, 0.25) is 0 Å². The number of halogens is 2. The first-order valence-electron chi connectivity index (χ1n) is 5.44. The number of rotatable bonds is 5. The Morgan fingerprint density at radius 1 is 1.44 bits per heavy atom. The maximum absolute atomic E-state index is 13.0. The fourth-order valence-corrected chi connectivity index (χ4v) is 1.84. The van der Waals surface area contributed by atoms with E-state index in [4.69, 9.17) is 0 Å². The summed E-state index contributed by atoms with van der Waals surface area (Å²) >= 11 is 3.11. The van der Waals surface area contributed by atoms with Crippen molar-refractivity contribution >= 4 is 21.7 Å². The Bertz CT molecular complexity index is 374. The van der Waals surface area contributed by atoms with E-state index in [1.54, 1.807) is 12.1 Å². The second-order valence-electron chi connectivity index (χ2n) is 4.40. The molecule has 0 aliphatic heterocycles. The Labute approximate surface area is 104 Å². The number of hydrogen-bond donors (Lipinski definition) is 0. The van der Waals surface area contributed by atoms with Crippen molar-refractivity contribution in [1.29, 1.82) is 0 Å². The van der Waals surface area contributed by atoms with E-state index in [-0.39, 0.29) is 11.6 Å². The van der Waals surface area contributed by atoms with Crippen LogP contribution >= 0.6 is 15.9 Å². The molecule has 1 aromatic carbocycles. The number of hydrogen-bond acceptors (Lipinski definition) is 1. The molecular formula is C13H16BrFO. The topological polar surface area (TPSA) is 17.1 Å². The minimum Gasteiger partial charge on any atom is -0.299 e. The van der Waals surface area contributed by atoms with Gasteiger partial charge in [0.15, 0.2) is 0 Å². The Balaban J connectivity index is 2.53. The van der Waals surface area contributed by atoms with Crippen molar-refractivity contribution in [2.24, 2.45) is 5.92 Å². The SMILES string of the molecule is CC(C)CCC(=O)Cc1ccc(F)c(Br)c1. The van der Waals surface area contributed by atoms with Gasteiger partial charge < -0.3 is 0 Å². The van der Waals surface area contributed by atoms with Gasteiger partial charge in [0.05, 0.1) is 4.47 Å². The summed E-state index contributed by atoms with van der Waals surface area (Å²) in [5.74, 6) is 0.467. The van der Waals surface area contributed by atoms with E-state index in [9.17, 15) is 9.18 Å². The van der Waals surface area contributed by atoms with Gasteiger partial charge in [0.1, 0.15) is 11.6 Å². The number of benzene rings is 1. The number of ketones is 1. The van der Waals surface area contributed by atoms with Crippen LogP contribution in [-0.2, 0) is 11.2 Å². The minimum absolute atomic E-state index is 0.215. The van der Waals surface area contributed by atoms with Crippen LogP contribution in [0.5, 0.6) is 0 Å². The van der Waals surface area contributed by atoms with Crippen LogP contribution < -0.4 is 0 Å². The average Bonchev–Trinajstić information content (AvgIpc) is 2.21. The third-order valence-electron chi connectivity index (χ3n) is 2.39. The highest BCUT2D eigenvalue weighted by molar-refractivity contribution is 9.10. The largest absolute Gasteiger partial charge is 0.299 e. The van der Waals surface area contributed by atoms with E-state index in [2.05, 4.69) is 29.8 Å². The van der Waals surface area contributed by atoms with Crippen molar-refractivity contribution in [2.75, 3.05) is 0 Å². The van der Waals surface area contributed by atoms with Gasteiger partial charge in [-0.3, -0.25) is 4.79 Å². The predicted molar refractivity (Wildman–Crippen MR) is 66.9 cm³/mol. The summed E-state index contributed by atoms with van der Waals surface area (Å²) in [6, 6.07) is 4.71. The zero-order valence-electron chi connectivity index (χ0n) is 9.59. The molecule has 1 rings (SSSR count). The Kier molecular flexibility index (Phi) is 5.13. The molecule has 0 radical (unpaired) electrons. The van der Waals surface area contributed by atoms with Gasteiger partial charge in [-0.25, -0.2) is 4.39 Å². The molecular weight excluding hydrogens is 271 g/mol. The molecule has 16 heavy (non-hydrogen) atoms. The zero-order chi connectivity index (χ0) is 12.1. The molecule has 0 N–H and O–H groups in total. The van der Waals surface area contributed by atoms with Gasteiger partial charge in [-0.2, -0.15) is 0 Å². The minimum atomic E-state index is -0.293. The summed E-state index contributed by atoms with van der Waals surface area (Å²) in [5, 5.41) is 0. The highest BCUT2D eigenvalue weighted by Gasteiger charge is 2.07. The van der Waals surface area contributed by atoms with Crippen molar-refractivity contribution in [2.45, 2.75) is 33.1 Å². The standard InChI is InChI=1S/C13H16BrFO/c1-9(2)3-5-11(16)7-10-4-6-13(15)12(14)8-10/h4,6,8-9H,3,5,7H2,1-2H3. The van der Waals surface area contributed by atoms with Crippen molar-refractivity contribution in [3.8, 4) is 0 Å². The predicted octanol–water partition coefficient (Wildman–Crippen LogP) is 4.14. The molecule has 0 bridgehead atoms. The normalized spacial score (nSPS) is 10.8. The van der Waals surface area contributed by atoms with Crippen LogP contribution in [0.1, 0.15) is 32.3 Å². The summed E-state index contributed by atoms with van der Waals surface area (Å²) in [7, 11) is 0. The summed E-state index contributed by atoms with van der Waals surface area (Å²) in [6.07, 6.45) is 1.92. The molecule has 0 heterocycles. The molecule has 0 atom stereocenters. The molecule has 0 unspecified atom stereocenters. The van der Waals surface area contributed by atoms with Crippen molar-refractivity contribution in [3.63, 3.8) is 0 Å². The lowest BCUT2D eigenvalue weighted by molar-refractivity contribution is -0.118. The second kappa shape index (κ2) is 6.14. The number of carbonyl (C=O) groups excluding carboxylic acids is 1. The lowest BCUT2D eigenvalue weighted by Gasteiger charge is -2.04. The molecule has 0 aromatic heterocycles. The molecule has 0 amide bonds. The van der Waals surface area contributed by atoms with Crippen LogP contribution in [0.3, 0.4) is 0 Å². The molecule has 0 fully saturated rings. The fourth-order valence-electron chi connectivity index (χ4n) is 1.42. The van der Waals surface area contributed by atoms with Crippen molar-refractivity contribution in [3.05, 3.63) is 34.1 Å². The first kappa shape index (κ1) is 13.4. The summed E-state index contributed by atoms with van der Waals surface area (Å²) in [5.41, 5.74) is 0.863. The van der Waals surface area contributed by atoms with E-state index in [0.29, 0.717) is 23.2 Å². The Hall–Kier alpha value is -0.700. The summed E-state index contributed by atoms with van der Waals surface area (Å²) in [6.45, 7) is 4.20. The van der Waals surface area contributed by atoms with E-state index < -0.39 is 0 Å². The third kappa shape index (κ3) is 4.44. The summed E-state index contributed by atoms with van der Waals surface area (Å²) < 4.78 is 13.4. The van der Waals surface area contributed by atoms with Crippen LogP contribution in [0.4, 0.5) is 4.39 Å². The van der Waals surface area contributed by atoms with Gasteiger partial charge in [0.25, 0.3) is 0 Å². The molecule has 3 heteroatoms. The first-order chi connectivity index (χ1) is 7.49. The summed E-state index contributed by atoms with van der Waals surface area (Å²) in [4.78, 5) is 11.6. The van der Waals surface area contributed by atoms with Gasteiger partial charge in [-0.1, -0.05) is 19.9 Å². The van der Waals surface area contributed by atoms with Crippen LogP contribution in [-0.4, -0.2) is 5.78 Å². The highest BCUT2D eigenvalue weighted by atomic mass is 79.9. The Morgan fingerprint density at radius 2 is 2.12 bits per heavy atom. The van der Waals surface area contributed by atoms with Crippen LogP contribution in [0.15, 0.2) is 22.7 Å².